The molecule has 1 heterocycles. The summed E-state index contributed by atoms with van der Waals surface area (Å²) in [6.07, 6.45) is 0.429. The Kier molecular flexibility index (Phi) is 4.85. The monoisotopic (exact) mass is 353 g/mol. The summed E-state index contributed by atoms with van der Waals surface area (Å²) in [7, 11) is 0. The first-order valence-electron chi connectivity index (χ1n) is 7.36. The number of hydrogen-bond acceptors (Lipinski definition) is 3. The molecule has 0 unspecified atom stereocenters. The van der Waals surface area contributed by atoms with Crippen LogP contribution in [0.25, 0.3) is 0 Å². The Bertz CT molecular complexity index is 762. The third-order valence-corrected chi connectivity index (χ3v) is 3.83. The maximum absolute atomic E-state index is 13.5. The fourth-order valence-electron chi connectivity index (χ4n) is 2.43. The molecule has 0 fully saturated rings. The normalized spacial score (nSPS) is 12.8. The minimum Gasteiger partial charge on any atom is -0.486 e. The molecule has 126 valence electrons. The Balaban J connectivity index is 1.64. The Morgan fingerprint density at radius 3 is 2.62 bits per heavy atom. The van der Waals surface area contributed by atoms with E-state index >= 15 is 0 Å². The highest BCUT2D eigenvalue weighted by Crippen LogP contribution is 2.38. The molecule has 24 heavy (non-hydrogen) atoms. The van der Waals surface area contributed by atoms with Crippen LogP contribution >= 0.6 is 11.6 Å². The molecule has 2 aromatic rings. The number of fused-ring (bicyclic) bond motifs is 1. The Morgan fingerprint density at radius 1 is 1.17 bits per heavy atom. The largest absolute Gasteiger partial charge is 0.486 e. The number of ether oxygens (including phenoxy) is 2. The van der Waals surface area contributed by atoms with Crippen molar-refractivity contribution in [2.75, 3.05) is 19.8 Å². The molecule has 1 aliphatic rings. The van der Waals surface area contributed by atoms with Crippen molar-refractivity contribution in [2.45, 2.75) is 6.42 Å². The second kappa shape index (κ2) is 7.05. The van der Waals surface area contributed by atoms with Gasteiger partial charge in [0.05, 0.1) is 5.02 Å². The first-order valence-corrected chi connectivity index (χ1v) is 7.74. The molecule has 0 atom stereocenters. The van der Waals surface area contributed by atoms with Gasteiger partial charge in [-0.05, 0) is 36.2 Å². The maximum Gasteiger partial charge on any atom is 0.257 e. The molecular formula is C17H14ClF2NO3. The molecule has 0 saturated carbocycles. The van der Waals surface area contributed by atoms with Crippen LogP contribution in [-0.2, 0) is 6.42 Å². The molecule has 3 rings (SSSR count). The highest BCUT2D eigenvalue weighted by molar-refractivity contribution is 6.32. The van der Waals surface area contributed by atoms with Crippen LogP contribution in [0, 0.1) is 11.6 Å². The number of nitrogens with one attached hydrogen (secondary N) is 1. The molecule has 0 spiro atoms. The molecule has 0 radical (unpaired) electrons. The van der Waals surface area contributed by atoms with Crippen molar-refractivity contribution in [2.24, 2.45) is 0 Å². The Hall–Kier alpha value is -2.34. The Morgan fingerprint density at radius 2 is 1.88 bits per heavy atom. The standard InChI is InChI=1S/C17H14ClF2NO3/c18-11-8-10(9-14-16(11)24-7-6-23-14)4-5-21-17(22)15-12(19)2-1-3-13(15)20/h1-3,8-9H,4-7H2,(H,21,22). The van der Waals surface area contributed by atoms with Crippen LogP contribution in [0.3, 0.4) is 0 Å². The van der Waals surface area contributed by atoms with Crippen LogP contribution in [0.1, 0.15) is 15.9 Å². The van der Waals surface area contributed by atoms with Crippen molar-refractivity contribution < 1.29 is 23.0 Å². The molecule has 7 heteroatoms. The highest BCUT2D eigenvalue weighted by atomic mass is 35.5. The smallest absolute Gasteiger partial charge is 0.257 e. The number of hydrogen-bond donors (Lipinski definition) is 1. The van der Waals surface area contributed by atoms with E-state index in [2.05, 4.69) is 5.32 Å². The van der Waals surface area contributed by atoms with E-state index < -0.39 is 23.1 Å². The van der Waals surface area contributed by atoms with Gasteiger partial charge in [0.25, 0.3) is 5.91 Å². The lowest BCUT2D eigenvalue weighted by Gasteiger charge is -2.20. The van der Waals surface area contributed by atoms with Gasteiger partial charge >= 0.3 is 0 Å². The van der Waals surface area contributed by atoms with Crippen molar-refractivity contribution in [3.63, 3.8) is 0 Å². The van der Waals surface area contributed by atoms with Gasteiger partial charge in [-0.3, -0.25) is 4.79 Å². The fourth-order valence-corrected chi connectivity index (χ4v) is 2.72. The number of amides is 1. The van der Waals surface area contributed by atoms with Crippen molar-refractivity contribution in [1.29, 1.82) is 0 Å². The first kappa shape index (κ1) is 16.5. The zero-order chi connectivity index (χ0) is 17.1. The lowest BCUT2D eigenvalue weighted by Crippen LogP contribution is -2.27. The molecule has 0 aliphatic carbocycles. The van der Waals surface area contributed by atoms with E-state index in [4.69, 9.17) is 21.1 Å². The molecule has 2 aromatic carbocycles. The second-order valence-corrected chi connectivity index (χ2v) is 5.61. The third-order valence-electron chi connectivity index (χ3n) is 3.55. The summed E-state index contributed by atoms with van der Waals surface area (Å²) in [5, 5.41) is 2.92. The van der Waals surface area contributed by atoms with Crippen LogP contribution < -0.4 is 14.8 Å². The van der Waals surface area contributed by atoms with Gasteiger partial charge in [0.2, 0.25) is 0 Å². The molecule has 0 bridgehead atoms. The SMILES string of the molecule is O=C(NCCc1cc(Cl)c2c(c1)OCCO2)c1c(F)cccc1F. The minimum atomic E-state index is -0.894. The van der Waals surface area contributed by atoms with E-state index in [9.17, 15) is 13.6 Å². The second-order valence-electron chi connectivity index (χ2n) is 5.20. The first-order chi connectivity index (χ1) is 11.6. The van der Waals surface area contributed by atoms with E-state index in [0.717, 1.165) is 17.7 Å². The average Bonchev–Trinajstić information content (AvgIpc) is 2.55. The number of carbonyl (C=O) groups is 1. The van der Waals surface area contributed by atoms with Crippen molar-refractivity contribution in [3.8, 4) is 11.5 Å². The Labute approximate surface area is 142 Å². The van der Waals surface area contributed by atoms with Gasteiger partial charge in [-0.1, -0.05) is 17.7 Å². The summed E-state index contributed by atoms with van der Waals surface area (Å²) in [6, 6.07) is 6.77. The molecule has 0 aromatic heterocycles. The van der Waals surface area contributed by atoms with Crippen LogP contribution in [0.2, 0.25) is 5.02 Å². The lowest BCUT2D eigenvalue weighted by atomic mass is 10.1. The van der Waals surface area contributed by atoms with Crippen molar-refractivity contribution >= 4 is 17.5 Å². The summed E-state index contributed by atoms with van der Waals surface area (Å²) >= 11 is 6.13. The predicted molar refractivity (Wildman–Crippen MR) is 84.8 cm³/mol. The van der Waals surface area contributed by atoms with E-state index in [1.165, 1.54) is 6.07 Å². The van der Waals surface area contributed by atoms with Crippen molar-refractivity contribution in [3.05, 3.63) is 58.1 Å². The van der Waals surface area contributed by atoms with Crippen molar-refractivity contribution in [1.82, 2.24) is 5.32 Å². The van der Waals surface area contributed by atoms with Gasteiger partial charge in [-0.2, -0.15) is 0 Å². The van der Waals surface area contributed by atoms with Gasteiger partial charge in [0, 0.05) is 6.54 Å². The molecule has 1 aliphatic heterocycles. The number of rotatable bonds is 4. The van der Waals surface area contributed by atoms with Gasteiger partial charge < -0.3 is 14.8 Å². The number of carbonyl (C=O) groups excluding carboxylic acids is 1. The topological polar surface area (TPSA) is 47.6 Å². The van der Waals surface area contributed by atoms with Crippen LogP contribution in [-0.4, -0.2) is 25.7 Å². The summed E-state index contributed by atoms with van der Waals surface area (Å²) < 4.78 is 38.0. The fraction of sp³-hybridized carbons (Fsp3) is 0.235. The van der Waals surface area contributed by atoms with E-state index in [1.54, 1.807) is 12.1 Å². The minimum absolute atomic E-state index is 0.197. The van der Waals surface area contributed by atoms with Gasteiger partial charge in [-0.15, -0.1) is 0 Å². The molecule has 1 amide bonds. The predicted octanol–water partition coefficient (Wildman–Crippen LogP) is 3.36. The number of halogens is 3. The third kappa shape index (κ3) is 3.43. The number of benzene rings is 2. The lowest BCUT2D eigenvalue weighted by molar-refractivity contribution is 0.0945. The van der Waals surface area contributed by atoms with Crippen LogP contribution in [0.5, 0.6) is 11.5 Å². The van der Waals surface area contributed by atoms with E-state index in [0.29, 0.717) is 36.2 Å². The van der Waals surface area contributed by atoms with Crippen LogP contribution in [0.4, 0.5) is 8.78 Å². The zero-order valence-corrected chi connectivity index (χ0v) is 13.3. The molecule has 4 nitrogen and oxygen atoms in total. The summed E-state index contributed by atoms with van der Waals surface area (Å²) in [4.78, 5) is 11.9. The van der Waals surface area contributed by atoms with E-state index in [1.807, 2.05) is 0 Å². The van der Waals surface area contributed by atoms with Crippen LogP contribution in [0.15, 0.2) is 30.3 Å². The quantitative estimate of drug-likeness (QED) is 0.917. The summed E-state index contributed by atoms with van der Waals surface area (Å²) in [5.41, 5.74) is 0.233. The zero-order valence-electron chi connectivity index (χ0n) is 12.6. The molecule has 0 saturated heterocycles. The van der Waals surface area contributed by atoms with Gasteiger partial charge in [0.15, 0.2) is 11.5 Å². The maximum atomic E-state index is 13.5. The van der Waals surface area contributed by atoms with E-state index in [-0.39, 0.29) is 6.54 Å². The highest BCUT2D eigenvalue weighted by Gasteiger charge is 2.18. The van der Waals surface area contributed by atoms with Gasteiger partial charge in [-0.25, -0.2) is 8.78 Å². The average molecular weight is 354 g/mol. The van der Waals surface area contributed by atoms with Gasteiger partial charge in [0.1, 0.15) is 30.4 Å². The summed E-state index contributed by atoms with van der Waals surface area (Å²) in [5.74, 6) is -1.53. The molecule has 1 N–H and O–H groups in total. The molecular weight excluding hydrogens is 340 g/mol. The summed E-state index contributed by atoms with van der Waals surface area (Å²) in [6.45, 7) is 1.08.